The Morgan fingerprint density at radius 2 is 2.00 bits per heavy atom. The molecule has 0 aliphatic carbocycles. The average Bonchev–Trinajstić information content (AvgIpc) is 2.52. The van der Waals surface area contributed by atoms with Crippen molar-refractivity contribution in [2.45, 2.75) is 31.7 Å². The lowest BCUT2D eigenvalue weighted by molar-refractivity contribution is -0.167. The minimum atomic E-state index is -4.82. The van der Waals surface area contributed by atoms with Gasteiger partial charge in [-0.05, 0) is 24.8 Å². The molecule has 1 heterocycles. The number of carbonyl (C=O) groups excluding carboxylic acids is 1. The lowest BCUT2D eigenvalue weighted by atomic mass is 10.0. The van der Waals surface area contributed by atoms with Gasteiger partial charge in [-0.1, -0.05) is 30.3 Å². The number of hydrogen-bond acceptors (Lipinski definition) is 3. The first kappa shape index (κ1) is 16.5. The maximum Gasteiger partial charge on any atom is 0.454 e. The molecule has 0 saturated carbocycles. The van der Waals surface area contributed by atoms with Crippen LogP contribution in [0.2, 0.25) is 0 Å². The van der Waals surface area contributed by atoms with Crippen LogP contribution in [0.25, 0.3) is 0 Å². The highest BCUT2D eigenvalue weighted by Gasteiger charge is 2.41. The molecule has 22 heavy (non-hydrogen) atoms. The van der Waals surface area contributed by atoms with Crippen molar-refractivity contribution in [2.75, 3.05) is 13.7 Å². The Morgan fingerprint density at radius 1 is 1.32 bits per heavy atom. The number of alkyl halides is 3. The Kier molecular flexibility index (Phi) is 5.24. The Balaban J connectivity index is 2.09. The van der Waals surface area contributed by atoms with Crippen molar-refractivity contribution in [3.8, 4) is 0 Å². The number of halogens is 3. The molecule has 120 valence electrons. The third-order valence-corrected chi connectivity index (χ3v) is 3.67. The maximum absolute atomic E-state index is 12.6. The summed E-state index contributed by atoms with van der Waals surface area (Å²) in [4.78, 5) is 13.0. The summed E-state index contributed by atoms with van der Waals surface area (Å²) in [6.07, 6.45) is -2.69. The molecule has 0 N–H and O–H groups in total. The molecule has 0 aromatic heterocycles. The molecule has 3 nitrogen and oxygen atoms in total. The summed E-state index contributed by atoms with van der Waals surface area (Å²) < 4.78 is 42.9. The van der Waals surface area contributed by atoms with Crippen molar-refractivity contribution in [1.29, 1.82) is 0 Å². The molecule has 1 aliphatic rings. The standard InChI is InChI=1S/C16H18F3NO2/c1-22-14-8-7-13(15(21)16(17,18)19)11-20(14)10-9-12-5-3-2-4-6-12/h2-6,11,14H,7-10H2,1H3. The molecule has 0 spiro atoms. The maximum atomic E-state index is 12.6. The quantitative estimate of drug-likeness (QED) is 0.835. The van der Waals surface area contributed by atoms with E-state index >= 15 is 0 Å². The van der Waals surface area contributed by atoms with Crippen molar-refractivity contribution in [2.24, 2.45) is 0 Å². The van der Waals surface area contributed by atoms with Crippen LogP contribution >= 0.6 is 0 Å². The topological polar surface area (TPSA) is 29.5 Å². The second kappa shape index (κ2) is 6.96. The summed E-state index contributed by atoms with van der Waals surface area (Å²) in [6, 6.07) is 9.64. The monoisotopic (exact) mass is 313 g/mol. The number of allylic oxidation sites excluding steroid dienone is 1. The highest BCUT2D eigenvalue weighted by molar-refractivity contribution is 5.99. The van der Waals surface area contributed by atoms with E-state index in [0.717, 1.165) is 5.56 Å². The van der Waals surface area contributed by atoms with Crippen LogP contribution in [-0.2, 0) is 16.0 Å². The first-order chi connectivity index (χ1) is 10.4. The van der Waals surface area contributed by atoms with E-state index in [2.05, 4.69) is 0 Å². The first-order valence-electron chi connectivity index (χ1n) is 7.06. The molecule has 1 atom stereocenters. The number of nitrogens with zero attached hydrogens (tertiary/aromatic N) is 1. The molecular weight excluding hydrogens is 295 g/mol. The van der Waals surface area contributed by atoms with Gasteiger partial charge in [0.2, 0.25) is 0 Å². The molecular formula is C16H18F3NO2. The SMILES string of the molecule is COC1CCC(C(=O)C(F)(F)F)=CN1CCc1ccccc1. The van der Waals surface area contributed by atoms with Gasteiger partial charge in [0, 0.05) is 25.4 Å². The van der Waals surface area contributed by atoms with E-state index < -0.39 is 12.0 Å². The van der Waals surface area contributed by atoms with Crippen LogP contribution in [0.3, 0.4) is 0 Å². The van der Waals surface area contributed by atoms with Crippen molar-refractivity contribution in [3.05, 3.63) is 47.7 Å². The highest BCUT2D eigenvalue weighted by atomic mass is 19.4. The Hall–Kier alpha value is -1.82. The van der Waals surface area contributed by atoms with Gasteiger partial charge in [-0.25, -0.2) is 0 Å². The Labute approximate surface area is 127 Å². The minimum Gasteiger partial charge on any atom is -0.362 e. The van der Waals surface area contributed by atoms with Gasteiger partial charge in [-0.2, -0.15) is 13.2 Å². The van der Waals surface area contributed by atoms with Crippen LogP contribution in [-0.4, -0.2) is 36.7 Å². The van der Waals surface area contributed by atoms with Crippen LogP contribution in [0, 0.1) is 0 Å². The second-order valence-corrected chi connectivity index (χ2v) is 5.18. The van der Waals surface area contributed by atoms with E-state index in [0.29, 0.717) is 19.4 Å². The number of Topliss-reactive ketones (excluding diaryl/α,β-unsaturated/α-hetero) is 1. The highest BCUT2D eigenvalue weighted by Crippen LogP contribution is 2.28. The molecule has 1 unspecified atom stereocenters. The van der Waals surface area contributed by atoms with Gasteiger partial charge in [-0.3, -0.25) is 4.79 Å². The lowest BCUT2D eigenvalue weighted by Gasteiger charge is -2.34. The molecule has 1 aromatic rings. The number of benzene rings is 1. The molecule has 6 heteroatoms. The Morgan fingerprint density at radius 3 is 2.59 bits per heavy atom. The number of ketones is 1. The predicted octanol–water partition coefficient (Wildman–Crippen LogP) is 3.31. The molecule has 0 saturated heterocycles. The molecule has 1 aromatic carbocycles. The van der Waals surface area contributed by atoms with Crippen LogP contribution in [0.4, 0.5) is 13.2 Å². The van der Waals surface area contributed by atoms with Gasteiger partial charge in [-0.15, -0.1) is 0 Å². The van der Waals surface area contributed by atoms with E-state index in [4.69, 9.17) is 4.74 Å². The van der Waals surface area contributed by atoms with Gasteiger partial charge in [0.25, 0.3) is 5.78 Å². The fraction of sp³-hybridized carbons (Fsp3) is 0.438. The average molecular weight is 313 g/mol. The molecule has 0 bridgehead atoms. The third-order valence-electron chi connectivity index (χ3n) is 3.67. The number of methoxy groups -OCH3 is 1. The zero-order valence-electron chi connectivity index (χ0n) is 12.3. The van der Waals surface area contributed by atoms with E-state index in [-0.39, 0.29) is 18.2 Å². The zero-order valence-corrected chi connectivity index (χ0v) is 12.3. The zero-order chi connectivity index (χ0) is 16.2. The second-order valence-electron chi connectivity index (χ2n) is 5.18. The normalized spacial score (nSPS) is 19.0. The summed E-state index contributed by atoms with van der Waals surface area (Å²) in [5, 5.41) is 0. The van der Waals surface area contributed by atoms with Gasteiger partial charge in [0.05, 0.1) is 0 Å². The summed E-state index contributed by atoms with van der Waals surface area (Å²) in [5.41, 5.74) is 0.883. The number of hydrogen-bond donors (Lipinski definition) is 0. The largest absolute Gasteiger partial charge is 0.454 e. The number of ether oxygens (including phenoxy) is 1. The summed E-state index contributed by atoms with van der Waals surface area (Å²) in [7, 11) is 1.52. The molecule has 0 radical (unpaired) electrons. The van der Waals surface area contributed by atoms with Crippen LogP contribution in [0.5, 0.6) is 0 Å². The lowest BCUT2D eigenvalue weighted by Crippen LogP contribution is -2.39. The van der Waals surface area contributed by atoms with E-state index in [1.165, 1.54) is 13.3 Å². The van der Waals surface area contributed by atoms with Crippen molar-refractivity contribution in [1.82, 2.24) is 4.90 Å². The number of rotatable bonds is 5. The van der Waals surface area contributed by atoms with Crippen molar-refractivity contribution < 1.29 is 22.7 Å². The minimum absolute atomic E-state index is 0.0820. The molecule has 0 fully saturated rings. The van der Waals surface area contributed by atoms with E-state index in [1.807, 2.05) is 30.3 Å². The van der Waals surface area contributed by atoms with Gasteiger partial charge in [0.1, 0.15) is 6.23 Å². The van der Waals surface area contributed by atoms with Crippen molar-refractivity contribution >= 4 is 5.78 Å². The van der Waals surface area contributed by atoms with Gasteiger partial charge >= 0.3 is 6.18 Å². The van der Waals surface area contributed by atoms with Crippen LogP contribution in [0.1, 0.15) is 18.4 Å². The summed E-state index contributed by atoms with van der Waals surface area (Å²) >= 11 is 0. The molecule has 1 aliphatic heterocycles. The van der Waals surface area contributed by atoms with Gasteiger partial charge < -0.3 is 9.64 Å². The summed E-state index contributed by atoms with van der Waals surface area (Å²) in [6.45, 7) is 0.497. The first-order valence-corrected chi connectivity index (χ1v) is 7.06. The predicted molar refractivity (Wildman–Crippen MR) is 76.0 cm³/mol. The van der Waals surface area contributed by atoms with Crippen LogP contribution in [0.15, 0.2) is 42.1 Å². The van der Waals surface area contributed by atoms with Gasteiger partial charge in [0.15, 0.2) is 0 Å². The smallest absolute Gasteiger partial charge is 0.362 e. The van der Waals surface area contributed by atoms with E-state index in [1.54, 1.807) is 4.90 Å². The Bertz CT molecular complexity index is 540. The third kappa shape index (κ3) is 4.10. The summed E-state index contributed by atoms with van der Waals surface area (Å²) in [5.74, 6) is -1.76. The molecule has 0 amide bonds. The van der Waals surface area contributed by atoms with Crippen LogP contribution < -0.4 is 0 Å². The number of carbonyl (C=O) groups is 1. The van der Waals surface area contributed by atoms with Crippen molar-refractivity contribution in [3.63, 3.8) is 0 Å². The fourth-order valence-electron chi connectivity index (χ4n) is 2.51. The fourth-order valence-corrected chi connectivity index (χ4v) is 2.51. The molecule has 2 rings (SSSR count). The van der Waals surface area contributed by atoms with E-state index in [9.17, 15) is 18.0 Å².